The van der Waals surface area contributed by atoms with Gasteiger partial charge < -0.3 is 4.90 Å². The normalized spacial score (nSPS) is 19.6. The molecule has 142 valence electrons. The molecule has 1 amide bonds. The lowest BCUT2D eigenvalue weighted by Gasteiger charge is -2.38. The molecule has 4 rings (SSSR count). The number of hydrogen-bond acceptors (Lipinski definition) is 2. The van der Waals surface area contributed by atoms with E-state index in [1.165, 1.54) is 23.3 Å². The molecule has 0 bridgehead atoms. The molecule has 4 heteroatoms. The molecule has 2 aliphatic heterocycles. The van der Waals surface area contributed by atoms with Crippen molar-refractivity contribution in [2.24, 2.45) is 5.92 Å². The van der Waals surface area contributed by atoms with Crippen molar-refractivity contribution in [1.29, 1.82) is 0 Å². The molecule has 1 saturated heterocycles. The highest BCUT2D eigenvalue weighted by molar-refractivity contribution is 5.79. The standard InChI is InChI=1S/C23H27FN2O/c1-17(18-6-8-22(24)9-7-18)25-13-11-20(12-14-25)23(27)26-15-10-19-4-2-3-5-21(19)16-26/h2-9,17,20H,10-16H2,1H3/t17-/m1/s1. The molecule has 2 aromatic rings. The molecule has 0 N–H and O–H groups in total. The minimum atomic E-state index is -0.196. The number of benzene rings is 2. The largest absolute Gasteiger partial charge is 0.338 e. The van der Waals surface area contributed by atoms with E-state index in [-0.39, 0.29) is 17.8 Å². The third-order valence-electron chi connectivity index (χ3n) is 6.22. The molecule has 27 heavy (non-hydrogen) atoms. The number of rotatable bonds is 3. The molecule has 0 aliphatic carbocycles. The second kappa shape index (κ2) is 7.81. The summed E-state index contributed by atoms with van der Waals surface area (Å²) in [5.41, 5.74) is 3.80. The average molecular weight is 366 g/mol. The van der Waals surface area contributed by atoms with E-state index in [9.17, 15) is 9.18 Å². The van der Waals surface area contributed by atoms with Crippen LogP contribution in [0.1, 0.15) is 42.5 Å². The predicted molar refractivity (Wildman–Crippen MR) is 105 cm³/mol. The van der Waals surface area contributed by atoms with E-state index < -0.39 is 0 Å². The van der Waals surface area contributed by atoms with Crippen LogP contribution in [0.2, 0.25) is 0 Å². The SMILES string of the molecule is C[C@H](c1ccc(F)cc1)N1CCC(C(=O)N2CCc3ccccc3C2)CC1. The summed E-state index contributed by atoms with van der Waals surface area (Å²) < 4.78 is 13.1. The second-order valence-corrected chi connectivity index (χ2v) is 7.82. The number of halogens is 1. The number of amides is 1. The smallest absolute Gasteiger partial charge is 0.226 e. The van der Waals surface area contributed by atoms with Crippen LogP contribution in [0.3, 0.4) is 0 Å². The molecule has 1 fully saturated rings. The van der Waals surface area contributed by atoms with Crippen LogP contribution in [0, 0.1) is 11.7 Å². The van der Waals surface area contributed by atoms with Gasteiger partial charge in [0.25, 0.3) is 0 Å². The molecule has 1 atom stereocenters. The van der Waals surface area contributed by atoms with Crippen LogP contribution >= 0.6 is 0 Å². The predicted octanol–water partition coefficient (Wildman–Crippen LogP) is 4.18. The monoisotopic (exact) mass is 366 g/mol. The zero-order valence-electron chi connectivity index (χ0n) is 15.9. The van der Waals surface area contributed by atoms with E-state index in [1.54, 1.807) is 0 Å². The molecule has 2 aromatic carbocycles. The van der Waals surface area contributed by atoms with Gasteiger partial charge in [0.15, 0.2) is 0 Å². The first kappa shape index (κ1) is 18.2. The minimum Gasteiger partial charge on any atom is -0.338 e. The van der Waals surface area contributed by atoms with E-state index in [0.29, 0.717) is 5.91 Å². The first-order valence-corrected chi connectivity index (χ1v) is 9.97. The summed E-state index contributed by atoms with van der Waals surface area (Å²) in [4.78, 5) is 17.5. The second-order valence-electron chi connectivity index (χ2n) is 7.82. The quantitative estimate of drug-likeness (QED) is 0.813. The van der Waals surface area contributed by atoms with E-state index in [1.807, 2.05) is 17.0 Å². The number of piperidine rings is 1. The summed E-state index contributed by atoms with van der Waals surface area (Å²) in [5.74, 6) is 0.254. The Bertz CT molecular complexity index is 796. The van der Waals surface area contributed by atoms with Gasteiger partial charge in [-0.15, -0.1) is 0 Å². The zero-order chi connectivity index (χ0) is 18.8. The van der Waals surface area contributed by atoms with Crippen molar-refractivity contribution in [2.45, 2.75) is 38.8 Å². The lowest BCUT2D eigenvalue weighted by atomic mass is 9.91. The number of hydrogen-bond donors (Lipinski definition) is 0. The van der Waals surface area contributed by atoms with Crippen LogP contribution in [-0.4, -0.2) is 35.3 Å². The number of carbonyl (C=O) groups is 1. The van der Waals surface area contributed by atoms with Crippen LogP contribution in [0.15, 0.2) is 48.5 Å². The number of fused-ring (bicyclic) bond motifs is 1. The van der Waals surface area contributed by atoms with E-state index in [0.717, 1.165) is 51.0 Å². The van der Waals surface area contributed by atoms with Gasteiger partial charge in [-0.05, 0) is 68.1 Å². The molecule has 2 aliphatic rings. The van der Waals surface area contributed by atoms with Crippen molar-refractivity contribution in [3.8, 4) is 0 Å². The summed E-state index contributed by atoms with van der Waals surface area (Å²) >= 11 is 0. The fourth-order valence-corrected chi connectivity index (χ4v) is 4.43. The van der Waals surface area contributed by atoms with Gasteiger partial charge in [0.2, 0.25) is 5.91 Å². The van der Waals surface area contributed by atoms with Gasteiger partial charge >= 0.3 is 0 Å². The van der Waals surface area contributed by atoms with Crippen LogP contribution in [0.4, 0.5) is 4.39 Å². The van der Waals surface area contributed by atoms with Gasteiger partial charge in [0, 0.05) is 25.0 Å². The Morgan fingerprint density at radius 1 is 1.00 bits per heavy atom. The average Bonchev–Trinajstić information content (AvgIpc) is 2.73. The van der Waals surface area contributed by atoms with Crippen molar-refractivity contribution in [3.63, 3.8) is 0 Å². The van der Waals surface area contributed by atoms with Gasteiger partial charge in [-0.2, -0.15) is 0 Å². The molecular weight excluding hydrogens is 339 g/mol. The number of nitrogens with zero attached hydrogens (tertiary/aromatic N) is 2. The highest BCUT2D eigenvalue weighted by Crippen LogP contribution is 2.29. The van der Waals surface area contributed by atoms with Gasteiger partial charge in [-0.1, -0.05) is 36.4 Å². The number of likely N-dealkylation sites (tertiary alicyclic amines) is 1. The zero-order valence-corrected chi connectivity index (χ0v) is 15.9. The Hall–Kier alpha value is -2.20. The van der Waals surface area contributed by atoms with Crippen molar-refractivity contribution in [3.05, 3.63) is 71.0 Å². The van der Waals surface area contributed by atoms with Crippen LogP contribution in [0.5, 0.6) is 0 Å². The first-order valence-electron chi connectivity index (χ1n) is 9.97. The molecule has 0 spiro atoms. The molecule has 0 unspecified atom stereocenters. The van der Waals surface area contributed by atoms with Crippen molar-refractivity contribution >= 4 is 5.91 Å². The van der Waals surface area contributed by atoms with Crippen molar-refractivity contribution in [1.82, 2.24) is 9.80 Å². The fourth-order valence-electron chi connectivity index (χ4n) is 4.43. The van der Waals surface area contributed by atoms with Crippen molar-refractivity contribution in [2.75, 3.05) is 19.6 Å². The fraction of sp³-hybridized carbons (Fsp3) is 0.435. The topological polar surface area (TPSA) is 23.6 Å². The third kappa shape index (κ3) is 3.91. The maximum absolute atomic E-state index is 13.1. The van der Waals surface area contributed by atoms with Gasteiger partial charge in [-0.3, -0.25) is 9.69 Å². The van der Waals surface area contributed by atoms with Gasteiger partial charge in [0.05, 0.1) is 0 Å². The van der Waals surface area contributed by atoms with Crippen molar-refractivity contribution < 1.29 is 9.18 Å². The maximum Gasteiger partial charge on any atom is 0.226 e. The first-order chi connectivity index (χ1) is 13.1. The van der Waals surface area contributed by atoms with E-state index >= 15 is 0 Å². The summed E-state index contributed by atoms with van der Waals surface area (Å²) in [5, 5.41) is 0. The Morgan fingerprint density at radius 3 is 2.37 bits per heavy atom. The Morgan fingerprint density at radius 2 is 1.67 bits per heavy atom. The summed E-state index contributed by atoms with van der Waals surface area (Å²) in [6.45, 7) is 5.58. The van der Waals surface area contributed by atoms with E-state index in [2.05, 4.69) is 36.1 Å². The van der Waals surface area contributed by atoms with Crippen LogP contribution in [0.25, 0.3) is 0 Å². The summed E-state index contributed by atoms with van der Waals surface area (Å²) in [6, 6.07) is 15.5. The molecule has 2 heterocycles. The summed E-state index contributed by atoms with van der Waals surface area (Å²) in [7, 11) is 0. The molecule has 0 aromatic heterocycles. The van der Waals surface area contributed by atoms with Gasteiger partial charge in [-0.25, -0.2) is 4.39 Å². The Labute approximate surface area is 160 Å². The highest BCUT2D eigenvalue weighted by Gasteiger charge is 2.31. The third-order valence-corrected chi connectivity index (χ3v) is 6.22. The minimum absolute atomic E-state index is 0.131. The Balaban J connectivity index is 1.34. The lowest BCUT2D eigenvalue weighted by molar-refractivity contribution is -0.138. The molecule has 0 radical (unpaired) electrons. The lowest BCUT2D eigenvalue weighted by Crippen LogP contribution is -2.44. The number of carbonyl (C=O) groups excluding carboxylic acids is 1. The highest BCUT2D eigenvalue weighted by atomic mass is 19.1. The van der Waals surface area contributed by atoms with Crippen LogP contribution < -0.4 is 0 Å². The molecular formula is C23H27FN2O. The molecule has 0 saturated carbocycles. The van der Waals surface area contributed by atoms with Crippen LogP contribution in [-0.2, 0) is 17.8 Å². The maximum atomic E-state index is 13.1. The molecule has 3 nitrogen and oxygen atoms in total. The Kier molecular flexibility index (Phi) is 5.26. The van der Waals surface area contributed by atoms with Gasteiger partial charge in [0.1, 0.15) is 5.82 Å². The summed E-state index contributed by atoms with van der Waals surface area (Å²) in [6.07, 6.45) is 2.77. The van der Waals surface area contributed by atoms with E-state index in [4.69, 9.17) is 0 Å².